The number of sulfonamides is 1. The number of nitrogens with zero attached hydrogens (tertiary/aromatic N) is 2. The van der Waals surface area contributed by atoms with Crippen LogP contribution in [-0.4, -0.2) is 33.0 Å². The first kappa shape index (κ1) is 17.2. The lowest BCUT2D eigenvalue weighted by Gasteiger charge is -2.33. The van der Waals surface area contributed by atoms with Crippen LogP contribution in [0.2, 0.25) is 0 Å². The van der Waals surface area contributed by atoms with Crippen LogP contribution in [0.4, 0.5) is 11.4 Å². The van der Waals surface area contributed by atoms with Gasteiger partial charge < -0.3 is 10.5 Å². The van der Waals surface area contributed by atoms with Crippen molar-refractivity contribution in [3.8, 4) is 5.75 Å². The Morgan fingerprint density at radius 1 is 1.28 bits per heavy atom. The Balaban J connectivity index is 2.17. The molecule has 0 spiro atoms. The van der Waals surface area contributed by atoms with E-state index in [1.54, 1.807) is 12.1 Å². The SMILES string of the molecule is COc1ccc([N+](=O)[O-])cc1S(=O)(=O)N1CC(N)Cc2ccccc21. The van der Waals surface area contributed by atoms with Crippen molar-refractivity contribution in [3.05, 3.63) is 58.1 Å². The van der Waals surface area contributed by atoms with Crippen LogP contribution in [0.25, 0.3) is 0 Å². The molecule has 8 nitrogen and oxygen atoms in total. The molecular weight excluding hydrogens is 346 g/mol. The maximum absolute atomic E-state index is 13.2. The Morgan fingerprint density at radius 3 is 2.68 bits per heavy atom. The highest BCUT2D eigenvalue weighted by Crippen LogP contribution is 2.36. The fraction of sp³-hybridized carbons (Fsp3) is 0.250. The number of fused-ring (bicyclic) bond motifs is 1. The van der Waals surface area contributed by atoms with E-state index in [0.717, 1.165) is 11.6 Å². The molecule has 1 aliphatic heterocycles. The van der Waals surface area contributed by atoms with E-state index in [1.807, 2.05) is 12.1 Å². The second-order valence-electron chi connectivity index (χ2n) is 5.72. The number of benzene rings is 2. The predicted molar refractivity (Wildman–Crippen MR) is 92.3 cm³/mol. The number of rotatable bonds is 4. The number of anilines is 1. The van der Waals surface area contributed by atoms with Crippen molar-refractivity contribution in [3.63, 3.8) is 0 Å². The second kappa shape index (κ2) is 6.34. The number of nitrogens with two attached hydrogens (primary N) is 1. The molecule has 1 heterocycles. The van der Waals surface area contributed by atoms with E-state index in [0.29, 0.717) is 12.1 Å². The van der Waals surface area contributed by atoms with Crippen LogP contribution < -0.4 is 14.8 Å². The zero-order chi connectivity index (χ0) is 18.2. The van der Waals surface area contributed by atoms with Gasteiger partial charge in [-0.05, 0) is 24.1 Å². The minimum Gasteiger partial charge on any atom is -0.495 e. The Labute approximate surface area is 145 Å². The minimum absolute atomic E-state index is 0.0437. The molecule has 0 saturated heterocycles. The largest absolute Gasteiger partial charge is 0.495 e. The predicted octanol–water partition coefficient (Wildman–Crippen LogP) is 1.68. The summed E-state index contributed by atoms with van der Waals surface area (Å²) >= 11 is 0. The number of non-ortho nitro benzene ring substituents is 1. The average Bonchev–Trinajstić information content (AvgIpc) is 2.60. The molecule has 9 heteroatoms. The van der Waals surface area contributed by atoms with Gasteiger partial charge in [0.15, 0.2) is 0 Å². The summed E-state index contributed by atoms with van der Waals surface area (Å²) in [5, 5.41) is 11.0. The summed E-state index contributed by atoms with van der Waals surface area (Å²) in [5.74, 6) is 0.0437. The summed E-state index contributed by atoms with van der Waals surface area (Å²) in [7, 11) is -2.77. The third-order valence-corrected chi connectivity index (χ3v) is 5.87. The van der Waals surface area contributed by atoms with Gasteiger partial charge in [0, 0.05) is 24.7 Å². The van der Waals surface area contributed by atoms with Gasteiger partial charge >= 0.3 is 0 Å². The standard InChI is InChI=1S/C16H17N3O5S/c1-24-15-7-6-13(19(20)21)9-16(15)25(22,23)18-10-12(17)8-11-4-2-3-5-14(11)18/h2-7,9,12H,8,10,17H2,1H3. The van der Waals surface area contributed by atoms with Crippen LogP contribution in [-0.2, 0) is 16.4 Å². The number of nitro groups is 1. The quantitative estimate of drug-likeness (QED) is 0.653. The van der Waals surface area contributed by atoms with Gasteiger partial charge in [-0.15, -0.1) is 0 Å². The number of para-hydroxylation sites is 1. The average molecular weight is 363 g/mol. The summed E-state index contributed by atoms with van der Waals surface area (Å²) in [5.41, 5.74) is 7.03. The molecule has 1 atom stereocenters. The summed E-state index contributed by atoms with van der Waals surface area (Å²) in [6, 6.07) is 10.2. The number of hydrogen-bond acceptors (Lipinski definition) is 6. The van der Waals surface area contributed by atoms with Crippen LogP contribution in [0.15, 0.2) is 47.4 Å². The number of nitro benzene ring substituents is 1. The highest BCUT2D eigenvalue weighted by atomic mass is 32.2. The van der Waals surface area contributed by atoms with Gasteiger partial charge in [-0.2, -0.15) is 0 Å². The molecule has 25 heavy (non-hydrogen) atoms. The number of methoxy groups -OCH3 is 1. The first-order chi connectivity index (χ1) is 11.8. The van der Waals surface area contributed by atoms with E-state index in [9.17, 15) is 18.5 Å². The molecule has 1 aliphatic rings. The molecule has 0 aromatic heterocycles. The van der Waals surface area contributed by atoms with Crippen molar-refractivity contribution in [2.75, 3.05) is 18.0 Å². The number of hydrogen-bond donors (Lipinski definition) is 1. The topological polar surface area (TPSA) is 116 Å². The number of ether oxygens (including phenoxy) is 1. The Hall–Kier alpha value is -2.65. The molecule has 1 unspecified atom stereocenters. The first-order valence-electron chi connectivity index (χ1n) is 7.53. The minimum atomic E-state index is -4.08. The molecule has 2 aromatic carbocycles. The second-order valence-corrected chi connectivity index (χ2v) is 7.55. The highest BCUT2D eigenvalue weighted by molar-refractivity contribution is 7.93. The van der Waals surface area contributed by atoms with Crippen molar-refractivity contribution in [2.45, 2.75) is 17.4 Å². The van der Waals surface area contributed by atoms with Crippen molar-refractivity contribution in [1.82, 2.24) is 0 Å². The van der Waals surface area contributed by atoms with E-state index in [2.05, 4.69) is 0 Å². The monoisotopic (exact) mass is 363 g/mol. The summed E-state index contributed by atoms with van der Waals surface area (Å²) in [6.45, 7) is 0.0885. The first-order valence-corrected chi connectivity index (χ1v) is 8.97. The molecule has 3 rings (SSSR count). The fourth-order valence-electron chi connectivity index (χ4n) is 2.91. The lowest BCUT2D eigenvalue weighted by molar-refractivity contribution is -0.385. The van der Waals surface area contributed by atoms with Crippen LogP contribution in [0.3, 0.4) is 0 Å². The molecule has 132 valence electrons. The molecule has 0 amide bonds. The fourth-order valence-corrected chi connectivity index (χ4v) is 4.65. The molecule has 0 fully saturated rings. The Morgan fingerprint density at radius 2 is 2.00 bits per heavy atom. The smallest absolute Gasteiger partial charge is 0.271 e. The van der Waals surface area contributed by atoms with Crippen molar-refractivity contribution in [2.24, 2.45) is 5.73 Å². The summed E-state index contributed by atoms with van der Waals surface area (Å²) in [4.78, 5) is 10.1. The van der Waals surface area contributed by atoms with E-state index in [1.165, 1.54) is 23.5 Å². The van der Waals surface area contributed by atoms with Gasteiger partial charge in [-0.25, -0.2) is 8.42 Å². The molecule has 0 aliphatic carbocycles. The van der Waals surface area contributed by atoms with Crippen LogP contribution in [0.1, 0.15) is 5.56 Å². The molecule has 0 radical (unpaired) electrons. The van der Waals surface area contributed by atoms with Crippen molar-refractivity contribution in [1.29, 1.82) is 0 Å². The van der Waals surface area contributed by atoms with E-state index < -0.39 is 14.9 Å². The van der Waals surface area contributed by atoms with Gasteiger partial charge in [0.05, 0.1) is 17.7 Å². The third kappa shape index (κ3) is 3.03. The van der Waals surface area contributed by atoms with Crippen LogP contribution in [0.5, 0.6) is 5.75 Å². The van der Waals surface area contributed by atoms with E-state index in [4.69, 9.17) is 10.5 Å². The maximum Gasteiger partial charge on any atom is 0.271 e. The summed E-state index contributed by atoms with van der Waals surface area (Å²) < 4.78 is 32.7. The highest BCUT2D eigenvalue weighted by Gasteiger charge is 2.34. The zero-order valence-electron chi connectivity index (χ0n) is 13.5. The van der Waals surface area contributed by atoms with E-state index in [-0.39, 0.29) is 28.9 Å². The molecule has 2 aromatic rings. The van der Waals surface area contributed by atoms with Gasteiger partial charge in [0.2, 0.25) is 0 Å². The van der Waals surface area contributed by atoms with E-state index >= 15 is 0 Å². The molecule has 0 bridgehead atoms. The Bertz CT molecular complexity index is 929. The van der Waals surface area contributed by atoms with Crippen molar-refractivity contribution >= 4 is 21.4 Å². The van der Waals surface area contributed by atoms with Gasteiger partial charge in [-0.3, -0.25) is 14.4 Å². The Kier molecular flexibility index (Phi) is 4.36. The zero-order valence-corrected chi connectivity index (χ0v) is 14.3. The summed E-state index contributed by atoms with van der Waals surface area (Å²) in [6.07, 6.45) is 0.564. The normalized spacial score (nSPS) is 17.0. The van der Waals surface area contributed by atoms with Crippen LogP contribution >= 0.6 is 0 Å². The van der Waals surface area contributed by atoms with Gasteiger partial charge in [0.25, 0.3) is 15.7 Å². The lowest BCUT2D eigenvalue weighted by Crippen LogP contribution is -2.46. The molecular formula is C16H17N3O5S. The molecule has 0 saturated carbocycles. The third-order valence-electron chi connectivity index (χ3n) is 4.07. The van der Waals surface area contributed by atoms with Gasteiger partial charge in [0.1, 0.15) is 10.6 Å². The molecule has 2 N–H and O–H groups in total. The van der Waals surface area contributed by atoms with Crippen molar-refractivity contribution < 1.29 is 18.1 Å². The maximum atomic E-state index is 13.2. The lowest BCUT2D eigenvalue weighted by atomic mass is 10.0. The van der Waals surface area contributed by atoms with Gasteiger partial charge in [-0.1, -0.05) is 18.2 Å². The van der Waals surface area contributed by atoms with Crippen LogP contribution in [0, 0.1) is 10.1 Å².